The fourth-order valence-electron chi connectivity index (χ4n) is 2.10. The van der Waals surface area contributed by atoms with Crippen molar-refractivity contribution in [2.45, 2.75) is 20.8 Å². The molecule has 1 aromatic carbocycles. The molecule has 0 bridgehead atoms. The predicted octanol–water partition coefficient (Wildman–Crippen LogP) is 3.78. The van der Waals surface area contributed by atoms with Crippen molar-refractivity contribution in [1.29, 1.82) is 5.26 Å². The molecule has 0 atom stereocenters. The van der Waals surface area contributed by atoms with E-state index in [1.54, 1.807) is 0 Å². The summed E-state index contributed by atoms with van der Waals surface area (Å²) in [5.74, 6) is -0.561. The second-order valence-electron chi connectivity index (χ2n) is 4.78. The minimum absolute atomic E-state index is 0.0643. The fraction of sp³-hybridized carbons (Fsp3) is 0.278. The highest BCUT2D eigenvalue weighted by Crippen LogP contribution is 2.35. The van der Waals surface area contributed by atoms with E-state index in [0.717, 1.165) is 13.3 Å². The number of ether oxygens (including phenoxy) is 3. The van der Waals surface area contributed by atoms with Crippen molar-refractivity contribution in [2.75, 3.05) is 14.2 Å². The molecular formula is C18H19N3O6. The van der Waals surface area contributed by atoms with Gasteiger partial charge < -0.3 is 14.2 Å². The van der Waals surface area contributed by atoms with E-state index >= 15 is 0 Å². The van der Waals surface area contributed by atoms with Crippen LogP contribution in [0.1, 0.15) is 35.3 Å². The average Bonchev–Trinajstić information content (AvgIpc) is 2.69. The molecule has 0 spiro atoms. The van der Waals surface area contributed by atoms with Crippen molar-refractivity contribution in [2.24, 2.45) is 0 Å². The van der Waals surface area contributed by atoms with E-state index in [1.165, 1.54) is 32.2 Å². The minimum Gasteiger partial charge on any atom is -0.493 e. The minimum atomic E-state index is -0.823. The quantitative estimate of drug-likeness (QED) is 0.440. The van der Waals surface area contributed by atoms with Gasteiger partial charge in [0.15, 0.2) is 11.5 Å². The molecule has 2 aromatic rings. The van der Waals surface area contributed by atoms with E-state index < -0.39 is 10.9 Å². The van der Waals surface area contributed by atoms with E-state index in [9.17, 15) is 14.9 Å². The molecule has 0 unspecified atom stereocenters. The monoisotopic (exact) mass is 373 g/mol. The Morgan fingerprint density at radius 1 is 1.26 bits per heavy atom. The maximum Gasteiger partial charge on any atom is 0.343 e. The summed E-state index contributed by atoms with van der Waals surface area (Å²) in [6.45, 7) is 5.40. The fourth-order valence-corrected chi connectivity index (χ4v) is 2.10. The molecule has 0 amide bonds. The van der Waals surface area contributed by atoms with Gasteiger partial charge in [-0.2, -0.15) is 5.26 Å². The molecule has 1 heterocycles. The van der Waals surface area contributed by atoms with Crippen molar-refractivity contribution in [3.63, 3.8) is 0 Å². The molecule has 9 heteroatoms. The number of carbonyl (C=O) groups is 1. The van der Waals surface area contributed by atoms with Crippen LogP contribution in [0.5, 0.6) is 17.4 Å². The Morgan fingerprint density at radius 3 is 2.44 bits per heavy atom. The molecule has 27 heavy (non-hydrogen) atoms. The summed E-state index contributed by atoms with van der Waals surface area (Å²) in [5, 5.41) is 20.0. The summed E-state index contributed by atoms with van der Waals surface area (Å²) in [7, 11) is 2.53. The molecule has 0 N–H and O–H groups in total. The average molecular weight is 373 g/mol. The molecule has 9 nitrogen and oxygen atoms in total. The normalized spacial score (nSPS) is 9.33. The molecule has 1 aromatic heterocycles. The van der Waals surface area contributed by atoms with Gasteiger partial charge in [-0.05, 0) is 19.1 Å². The van der Waals surface area contributed by atoms with Crippen LogP contribution < -0.4 is 9.47 Å². The lowest BCUT2D eigenvalue weighted by Gasteiger charge is -2.13. The van der Waals surface area contributed by atoms with Gasteiger partial charge >= 0.3 is 5.97 Å². The first kappa shape index (κ1) is 21.4. The van der Waals surface area contributed by atoms with Gasteiger partial charge in [-0.25, -0.2) is 9.78 Å². The van der Waals surface area contributed by atoms with Crippen LogP contribution in [0, 0.1) is 28.4 Å². The van der Waals surface area contributed by atoms with Crippen LogP contribution in [0.25, 0.3) is 0 Å². The zero-order valence-electron chi connectivity index (χ0n) is 15.6. The number of esters is 1. The maximum absolute atomic E-state index is 12.0. The van der Waals surface area contributed by atoms with Crippen LogP contribution in [0.3, 0.4) is 0 Å². The number of aromatic nitrogens is 1. The highest BCUT2D eigenvalue weighted by Gasteiger charge is 2.26. The van der Waals surface area contributed by atoms with Crippen molar-refractivity contribution in [3.05, 3.63) is 51.2 Å². The van der Waals surface area contributed by atoms with E-state index in [1.807, 2.05) is 19.9 Å². The van der Waals surface area contributed by atoms with Gasteiger partial charge in [-0.15, -0.1) is 0 Å². The molecule has 0 aliphatic heterocycles. The first-order valence-corrected chi connectivity index (χ1v) is 7.91. The van der Waals surface area contributed by atoms with Crippen molar-refractivity contribution < 1.29 is 23.9 Å². The molecule has 142 valence electrons. The topological polar surface area (TPSA) is 125 Å². The molecule has 0 saturated carbocycles. The van der Waals surface area contributed by atoms with Gasteiger partial charge in [-0.1, -0.05) is 13.8 Å². The number of nitrogens with zero attached hydrogens (tertiary/aromatic N) is 3. The van der Waals surface area contributed by atoms with Crippen molar-refractivity contribution in [3.8, 4) is 23.4 Å². The van der Waals surface area contributed by atoms with Gasteiger partial charge in [0, 0.05) is 11.6 Å². The number of nitro groups is 1. The lowest BCUT2D eigenvalue weighted by Crippen LogP contribution is -2.10. The zero-order valence-corrected chi connectivity index (χ0v) is 15.6. The van der Waals surface area contributed by atoms with Gasteiger partial charge in [-0.3, -0.25) is 10.1 Å². The third-order valence-electron chi connectivity index (χ3n) is 3.36. The van der Waals surface area contributed by atoms with E-state index in [4.69, 9.17) is 14.7 Å². The summed E-state index contributed by atoms with van der Waals surface area (Å²) < 4.78 is 15.4. The van der Waals surface area contributed by atoms with Crippen LogP contribution in [0.4, 0.5) is 5.69 Å². The molecular weight excluding hydrogens is 354 g/mol. The number of carbonyl (C=O) groups excluding carboxylic acids is 1. The second kappa shape index (κ2) is 9.72. The van der Waals surface area contributed by atoms with E-state index in [-0.39, 0.29) is 34.2 Å². The summed E-state index contributed by atoms with van der Waals surface area (Å²) in [6, 6.07) is 6.37. The highest BCUT2D eigenvalue weighted by molar-refractivity contribution is 5.94. The van der Waals surface area contributed by atoms with Crippen LogP contribution in [-0.4, -0.2) is 30.1 Å². The van der Waals surface area contributed by atoms with Gasteiger partial charge in [0.2, 0.25) is 5.88 Å². The number of pyridine rings is 1. The smallest absolute Gasteiger partial charge is 0.343 e. The van der Waals surface area contributed by atoms with Crippen LogP contribution in [-0.2, 0) is 4.74 Å². The Hall–Kier alpha value is -3.67. The number of benzene rings is 1. The van der Waals surface area contributed by atoms with Gasteiger partial charge in [0.05, 0.1) is 30.8 Å². The largest absolute Gasteiger partial charge is 0.493 e. The van der Waals surface area contributed by atoms with Gasteiger partial charge in [0.1, 0.15) is 11.8 Å². The number of rotatable bonds is 5. The first-order valence-electron chi connectivity index (χ1n) is 7.91. The SMILES string of the molecule is CC.COC(=O)c1c(Oc2ccc(C#N)cc2OC)ncc([N+](=O)[O-])c1C. The highest BCUT2D eigenvalue weighted by atomic mass is 16.6. The van der Waals surface area contributed by atoms with E-state index in [2.05, 4.69) is 9.72 Å². The first-order chi connectivity index (χ1) is 12.9. The Balaban J connectivity index is 0.00000176. The summed E-state index contributed by atoms with van der Waals surface area (Å²) in [4.78, 5) is 26.3. The lowest BCUT2D eigenvalue weighted by molar-refractivity contribution is -0.385. The predicted molar refractivity (Wildman–Crippen MR) is 96.1 cm³/mol. The van der Waals surface area contributed by atoms with E-state index in [0.29, 0.717) is 5.56 Å². The Morgan fingerprint density at radius 2 is 1.93 bits per heavy atom. The summed E-state index contributed by atoms with van der Waals surface area (Å²) >= 11 is 0. The molecule has 0 fully saturated rings. The number of hydrogen-bond donors (Lipinski definition) is 0. The maximum atomic E-state index is 12.0. The number of hydrogen-bond acceptors (Lipinski definition) is 8. The van der Waals surface area contributed by atoms with Crippen molar-refractivity contribution >= 4 is 11.7 Å². The van der Waals surface area contributed by atoms with Crippen molar-refractivity contribution in [1.82, 2.24) is 4.98 Å². The lowest BCUT2D eigenvalue weighted by atomic mass is 10.1. The van der Waals surface area contributed by atoms with Crippen LogP contribution in [0.2, 0.25) is 0 Å². The molecule has 0 aliphatic rings. The van der Waals surface area contributed by atoms with Crippen LogP contribution in [0.15, 0.2) is 24.4 Å². The Kier molecular flexibility index (Phi) is 7.69. The van der Waals surface area contributed by atoms with Gasteiger partial charge in [0.25, 0.3) is 5.69 Å². The molecule has 0 aliphatic carbocycles. The third kappa shape index (κ3) is 4.70. The number of nitriles is 1. The Labute approximate surface area is 156 Å². The number of methoxy groups -OCH3 is 2. The summed E-state index contributed by atoms with van der Waals surface area (Å²) in [6.07, 6.45) is 0.993. The molecule has 0 saturated heterocycles. The standard InChI is InChI=1S/C16H13N3O6.C2H6/c1-9-11(19(21)22)8-18-15(14(9)16(20)24-3)25-12-5-4-10(7-17)6-13(12)23-2;1-2/h4-6,8H,1-3H3;1-2H3. The summed E-state index contributed by atoms with van der Waals surface area (Å²) in [5.41, 5.74) is -0.0812. The Bertz CT molecular complexity index is 889. The molecule has 0 radical (unpaired) electrons. The zero-order chi connectivity index (χ0) is 20.6. The second-order valence-corrected chi connectivity index (χ2v) is 4.78. The molecule has 2 rings (SSSR count). The third-order valence-corrected chi connectivity index (χ3v) is 3.36. The van der Waals surface area contributed by atoms with Crippen LogP contribution >= 0.6 is 0 Å².